The van der Waals surface area contributed by atoms with Gasteiger partial charge in [0.2, 0.25) is 0 Å². The minimum Gasteiger partial charge on any atom is -0.481 e. The average molecular weight is 272 g/mol. The predicted molar refractivity (Wildman–Crippen MR) is 77.0 cm³/mol. The fourth-order valence-electron chi connectivity index (χ4n) is 2.85. The second kappa shape index (κ2) is 5.00. The lowest BCUT2D eigenvalue weighted by molar-refractivity contribution is -0.141. The molecule has 1 heterocycles. The molecule has 0 amide bonds. The molecule has 3 rings (SSSR count). The van der Waals surface area contributed by atoms with Crippen LogP contribution in [0.5, 0.6) is 0 Å². The number of aromatic amines is 1. The summed E-state index contributed by atoms with van der Waals surface area (Å²) in [6.45, 7) is 0. The van der Waals surface area contributed by atoms with Gasteiger partial charge in [-0.15, -0.1) is 0 Å². The molecule has 104 valence electrons. The Bertz CT molecular complexity index is 708. The number of hydrogen-bond acceptors (Lipinski definition) is 3. The molecule has 20 heavy (non-hydrogen) atoms. The molecule has 1 aromatic carbocycles. The molecule has 0 spiro atoms. The van der Waals surface area contributed by atoms with Crippen molar-refractivity contribution in [3.05, 3.63) is 40.7 Å². The summed E-state index contributed by atoms with van der Waals surface area (Å²) in [6, 6.07) is 9.40. The summed E-state index contributed by atoms with van der Waals surface area (Å²) in [4.78, 5) is 25.7. The Labute approximate surface area is 115 Å². The zero-order valence-electron chi connectivity index (χ0n) is 10.9. The average Bonchev–Trinajstić information content (AvgIpc) is 2.87. The van der Waals surface area contributed by atoms with Gasteiger partial charge in [0.25, 0.3) is 5.56 Å². The van der Waals surface area contributed by atoms with Crippen molar-refractivity contribution in [2.75, 3.05) is 5.32 Å². The van der Waals surface area contributed by atoms with Crippen LogP contribution in [0.3, 0.4) is 0 Å². The first kappa shape index (κ1) is 12.7. The summed E-state index contributed by atoms with van der Waals surface area (Å²) < 4.78 is 0. The first-order valence-corrected chi connectivity index (χ1v) is 6.75. The molecule has 0 saturated heterocycles. The van der Waals surface area contributed by atoms with Crippen LogP contribution >= 0.6 is 0 Å². The Balaban J connectivity index is 1.82. The van der Waals surface area contributed by atoms with Gasteiger partial charge >= 0.3 is 5.97 Å². The second-order valence-electron chi connectivity index (χ2n) is 5.29. The van der Waals surface area contributed by atoms with Crippen LogP contribution in [0.15, 0.2) is 35.1 Å². The highest BCUT2D eigenvalue weighted by atomic mass is 16.4. The molecule has 0 radical (unpaired) electrons. The molecule has 1 aliphatic carbocycles. The lowest BCUT2D eigenvalue weighted by Crippen LogP contribution is -2.20. The third kappa shape index (κ3) is 2.39. The molecule has 2 atom stereocenters. The van der Waals surface area contributed by atoms with Crippen LogP contribution in [0, 0.1) is 5.92 Å². The van der Waals surface area contributed by atoms with Crippen LogP contribution in [-0.4, -0.2) is 22.1 Å². The minimum absolute atomic E-state index is 0.105. The van der Waals surface area contributed by atoms with Gasteiger partial charge in [0.15, 0.2) is 0 Å². The van der Waals surface area contributed by atoms with Gasteiger partial charge in [-0.1, -0.05) is 18.2 Å². The maximum Gasteiger partial charge on any atom is 0.306 e. The number of carboxylic acids is 1. The van der Waals surface area contributed by atoms with E-state index >= 15 is 0 Å². The van der Waals surface area contributed by atoms with Crippen molar-refractivity contribution in [2.45, 2.75) is 25.3 Å². The molecule has 5 heteroatoms. The largest absolute Gasteiger partial charge is 0.481 e. The number of hydrogen-bond donors (Lipinski definition) is 3. The molecule has 0 unspecified atom stereocenters. The monoisotopic (exact) mass is 272 g/mol. The number of pyridine rings is 1. The van der Waals surface area contributed by atoms with Gasteiger partial charge in [0, 0.05) is 11.4 Å². The Hall–Kier alpha value is -2.30. The van der Waals surface area contributed by atoms with E-state index in [1.807, 2.05) is 24.3 Å². The third-order valence-electron chi connectivity index (χ3n) is 3.89. The number of nitrogens with one attached hydrogen (secondary N) is 2. The summed E-state index contributed by atoms with van der Waals surface area (Å²) >= 11 is 0. The van der Waals surface area contributed by atoms with Crippen molar-refractivity contribution in [3.8, 4) is 0 Å². The van der Waals surface area contributed by atoms with E-state index in [4.69, 9.17) is 5.11 Å². The fraction of sp³-hybridized carbons (Fsp3) is 0.333. The molecule has 0 aliphatic heterocycles. The van der Waals surface area contributed by atoms with E-state index in [9.17, 15) is 9.59 Å². The number of rotatable bonds is 3. The van der Waals surface area contributed by atoms with Crippen LogP contribution in [0.4, 0.5) is 5.82 Å². The van der Waals surface area contributed by atoms with Crippen molar-refractivity contribution in [1.29, 1.82) is 0 Å². The molecular formula is C15H16N2O3. The fourth-order valence-corrected chi connectivity index (χ4v) is 2.85. The SMILES string of the molecule is O=C(O)[C@@H]1CC[C@H](Nc2cc3ccccc3c(=O)[nH]2)C1. The molecule has 3 N–H and O–H groups in total. The first-order valence-electron chi connectivity index (χ1n) is 6.75. The minimum atomic E-state index is -0.735. The molecule has 1 saturated carbocycles. The summed E-state index contributed by atoms with van der Waals surface area (Å²) in [5.41, 5.74) is -0.126. The van der Waals surface area contributed by atoms with Crippen LogP contribution < -0.4 is 10.9 Å². The van der Waals surface area contributed by atoms with Crippen LogP contribution in [0.25, 0.3) is 10.8 Å². The zero-order chi connectivity index (χ0) is 14.1. The van der Waals surface area contributed by atoms with E-state index in [0.29, 0.717) is 24.0 Å². The number of benzene rings is 1. The van der Waals surface area contributed by atoms with E-state index in [0.717, 1.165) is 11.8 Å². The molecule has 2 aromatic rings. The summed E-state index contributed by atoms with van der Waals surface area (Å²) in [7, 11) is 0. The van der Waals surface area contributed by atoms with E-state index in [-0.39, 0.29) is 17.5 Å². The van der Waals surface area contributed by atoms with Gasteiger partial charge in [-0.25, -0.2) is 0 Å². The van der Waals surface area contributed by atoms with Gasteiger partial charge in [-0.3, -0.25) is 9.59 Å². The molecule has 1 aliphatic rings. The number of anilines is 1. The number of carbonyl (C=O) groups is 1. The zero-order valence-corrected chi connectivity index (χ0v) is 10.9. The summed E-state index contributed by atoms with van der Waals surface area (Å²) in [5, 5.41) is 13.8. The topological polar surface area (TPSA) is 82.2 Å². The highest BCUT2D eigenvalue weighted by Crippen LogP contribution is 2.28. The quantitative estimate of drug-likeness (QED) is 0.800. The maximum absolute atomic E-state index is 12.0. The van der Waals surface area contributed by atoms with E-state index in [1.54, 1.807) is 6.07 Å². The number of H-pyrrole nitrogens is 1. The molecule has 5 nitrogen and oxygen atoms in total. The van der Waals surface area contributed by atoms with Gasteiger partial charge in [0.1, 0.15) is 5.82 Å². The number of aromatic nitrogens is 1. The number of carboxylic acid groups (broad SMARTS) is 1. The summed E-state index contributed by atoms with van der Waals surface area (Å²) in [5.74, 6) is -0.356. The van der Waals surface area contributed by atoms with Crippen LogP contribution in [0.2, 0.25) is 0 Å². The third-order valence-corrected chi connectivity index (χ3v) is 3.89. The van der Waals surface area contributed by atoms with Crippen molar-refractivity contribution >= 4 is 22.6 Å². The molecule has 1 fully saturated rings. The number of aliphatic carboxylic acids is 1. The standard InChI is InChI=1S/C15H16N2O3/c18-14-12-4-2-1-3-9(12)8-13(17-14)16-11-6-5-10(7-11)15(19)20/h1-4,8,10-11H,5-7H2,(H,19,20)(H2,16,17,18)/t10-,11+/m1/s1. The van der Waals surface area contributed by atoms with Gasteiger partial charge in [-0.2, -0.15) is 0 Å². The normalized spacial score (nSPS) is 22.0. The summed E-state index contributed by atoms with van der Waals surface area (Å²) in [6.07, 6.45) is 2.10. The molecule has 1 aromatic heterocycles. The Morgan fingerprint density at radius 1 is 1.30 bits per heavy atom. The van der Waals surface area contributed by atoms with Crippen LogP contribution in [-0.2, 0) is 4.79 Å². The smallest absolute Gasteiger partial charge is 0.306 e. The number of fused-ring (bicyclic) bond motifs is 1. The Morgan fingerprint density at radius 2 is 2.10 bits per heavy atom. The second-order valence-corrected chi connectivity index (χ2v) is 5.29. The maximum atomic E-state index is 12.0. The molecular weight excluding hydrogens is 256 g/mol. The van der Waals surface area contributed by atoms with Crippen molar-refractivity contribution < 1.29 is 9.90 Å². The van der Waals surface area contributed by atoms with E-state index < -0.39 is 5.97 Å². The Kier molecular flexibility index (Phi) is 3.18. The van der Waals surface area contributed by atoms with E-state index in [1.165, 1.54) is 0 Å². The highest BCUT2D eigenvalue weighted by molar-refractivity contribution is 5.83. The predicted octanol–water partition coefficient (Wildman–Crippen LogP) is 2.19. The van der Waals surface area contributed by atoms with Gasteiger partial charge in [0.05, 0.1) is 5.92 Å². The van der Waals surface area contributed by atoms with Crippen LogP contribution in [0.1, 0.15) is 19.3 Å². The van der Waals surface area contributed by atoms with Crippen molar-refractivity contribution in [2.24, 2.45) is 5.92 Å². The lowest BCUT2D eigenvalue weighted by Gasteiger charge is -2.14. The van der Waals surface area contributed by atoms with E-state index in [2.05, 4.69) is 10.3 Å². The lowest BCUT2D eigenvalue weighted by atomic mass is 10.1. The first-order chi connectivity index (χ1) is 9.63. The van der Waals surface area contributed by atoms with Crippen molar-refractivity contribution in [3.63, 3.8) is 0 Å². The van der Waals surface area contributed by atoms with Gasteiger partial charge < -0.3 is 15.4 Å². The highest BCUT2D eigenvalue weighted by Gasteiger charge is 2.29. The Morgan fingerprint density at radius 3 is 2.85 bits per heavy atom. The van der Waals surface area contributed by atoms with Crippen molar-refractivity contribution in [1.82, 2.24) is 4.98 Å². The van der Waals surface area contributed by atoms with Gasteiger partial charge in [-0.05, 0) is 36.8 Å². The molecule has 0 bridgehead atoms.